The Morgan fingerprint density at radius 2 is 1.67 bits per heavy atom. The van der Waals surface area contributed by atoms with Gasteiger partial charge in [-0.15, -0.1) is 0 Å². The molecule has 2 nitrogen and oxygen atoms in total. The maximum atomic E-state index is 3.47. The number of rotatable bonds is 1. The first kappa shape index (κ1) is 11.0. The number of benzene rings is 1. The zero-order chi connectivity index (χ0) is 10.8. The monoisotopic (exact) mass is 268 g/mol. The third-order valence-corrected chi connectivity index (χ3v) is 3.48. The van der Waals surface area contributed by atoms with Crippen LogP contribution in [-0.2, 0) is 0 Å². The molecular weight excluding hydrogens is 252 g/mol. The number of nitrogens with zero attached hydrogens (tertiary/aromatic N) is 1. The third-order valence-electron chi connectivity index (χ3n) is 2.95. The Balaban J connectivity index is 2.23. The van der Waals surface area contributed by atoms with E-state index < -0.39 is 0 Å². The average Bonchev–Trinajstić information content (AvgIpc) is 2.20. The lowest BCUT2D eigenvalue weighted by Gasteiger charge is -2.41. The van der Waals surface area contributed by atoms with Crippen LogP contribution in [0.3, 0.4) is 0 Å². The number of nitrogens with one attached hydrogen (secondary N) is 1. The zero-order valence-corrected chi connectivity index (χ0v) is 10.8. The molecule has 0 aromatic heterocycles. The minimum Gasteiger partial charge on any atom is -0.364 e. The molecule has 0 saturated carbocycles. The fraction of sp³-hybridized carbons (Fsp3) is 0.500. The normalized spacial score (nSPS) is 26.7. The van der Waals surface area contributed by atoms with Gasteiger partial charge in [0, 0.05) is 35.3 Å². The first-order chi connectivity index (χ1) is 7.18. The van der Waals surface area contributed by atoms with Gasteiger partial charge in [-0.1, -0.05) is 15.9 Å². The van der Waals surface area contributed by atoms with Crippen molar-refractivity contribution in [2.75, 3.05) is 18.0 Å². The zero-order valence-electron chi connectivity index (χ0n) is 9.20. The van der Waals surface area contributed by atoms with Gasteiger partial charge in [0.2, 0.25) is 0 Å². The largest absolute Gasteiger partial charge is 0.364 e. The Morgan fingerprint density at radius 3 is 2.20 bits per heavy atom. The number of anilines is 1. The maximum Gasteiger partial charge on any atom is 0.0389 e. The van der Waals surface area contributed by atoms with Crippen LogP contribution in [0, 0.1) is 0 Å². The molecule has 1 fully saturated rings. The van der Waals surface area contributed by atoms with Gasteiger partial charge < -0.3 is 10.2 Å². The van der Waals surface area contributed by atoms with Crippen LogP contribution in [0.5, 0.6) is 0 Å². The van der Waals surface area contributed by atoms with Crippen LogP contribution in [-0.4, -0.2) is 25.2 Å². The van der Waals surface area contributed by atoms with Crippen molar-refractivity contribution in [2.24, 2.45) is 0 Å². The molecule has 15 heavy (non-hydrogen) atoms. The maximum absolute atomic E-state index is 3.47. The summed E-state index contributed by atoms with van der Waals surface area (Å²) in [5.41, 5.74) is 1.32. The van der Waals surface area contributed by atoms with Crippen LogP contribution in [0.4, 0.5) is 5.69 Å². The van der Waals surface area contributed by atoms with Crippen molar-refractivity contribution in [1.82, 2.24) is 5.32 Å². The highest BCUT2D eigenvalue weighted by Gasteiger charge is 2.24. The van der Waals surface area contributed by atoms with E-state index >= 15 is 0 Å². The smallest absolute Gasteiger partial charge is 0.0389 e. The Kier molecular flexibility index (Phi) is 3.32. The van der Waals surface area contributed by atoms with E-state index in [9.17, 15) is 0 Å². The van der Waals surface area contributed by atoms with Crippen molar-refractivity contribution in [3.8, 4) is 0 Å². The van der Waals surface area contributed by atoms with Crippen molar-refractivity contribution >= 4 is 21.6 Å². The number of halogens is 1. The molecule has 0 aliphatic carbocycles. The molecule has 2 rings (SSSR count). The summed E-state index contributed by atoms with van der Waals surface area (Å²) in [6.45, 7) is 6.68. The van der Waals surface area contributed by atoms with E-state index in [2.05, 4.69) is 64.3 Å². The van der Waals surface area contributed by atoms with Crippen molar-refractivity contribution < 1.29 is 0 Å². The lowest BCUT2D eigenvalue weighted by Crippen LogP contribution is -2.55. The summed E-state index contributed by atoms with van der Waals surface area (Å²) in [4.78, 5) is 2.49. The summed E-state index contributed by atoms with van der Waals surface area (Å²) < 4.78 is 1.14. The Hall–Kier alpha value is -0.540. The second-order valence-electron chi connectivity index (χ2n) is 4.24. The summed E-state index contributed by atoms with van der Waals surface area (Å²) in [7, 11) is 0. The van der Waals surface area contributed by atoms with Gasteiger partial charge in [0.1, 0.15) is 0 Å². The van der Waals surface area contributed by atoms with Crippen LogP contribution >= 0.6 is 15.9 Å². The predicted octanol–water partition coefficient (Wildman–Crippen LogP) is 2.64. The topological polar surface area (TPSA) is 15.3 Å². The first-order valence-electron chi connectivity index (χ1n) is 5.43. The van der Waals surface area contributed by atoms with Crippen LogP contribution in [0.2, 0.25) is 0 Å². The van der Waals surface area contributed by atoms with Gasteiger partial charge in [-0.3, -0.25) is 0 Å². The summed E-state index contributed by atoms with van der Waals surface area (Å²) in [5, 5.41) is 3.44. The second kappa shape index (κ2) is 4.54. The third kappa shape index (κ3) is 2.34. The molecule has 0 bridgehead atoms. The molecule has 1 heterocycles. The van der Waals surface area contributed by atoms with E-state index in [1.165, 1.54) is 5.69 Å². The van der Waals surface area contributed by atoms with Crippen molar-refractivity contribution in [2.45, 2.75) is 25.9 Å². The molecule has 0 radical (unpaired) electrons. The van der Waals surface area contributed by atoms with E-state index in [4.69, 9.17) is 0 Å². The van der Waals surface area contributed by atoms with E-state index in [-0.39, 0.29) is 0 Å². The van der Waals surface area contributed by atoms with Gasteiger partial charge in [-0.25, -0.2) is 0 Å². The number of piperazine rings is 1. The first-order valence-corrected chi connectivity index (χ1v) is 6.22. The van der Waals surface area contributed by atoms with Crippen molar-refractivity contribution in [3.05, 3.63) is 28.7 Å². The van der Waals surface area contributed by atoms with E-state index in [0.717, 1.165) is 17.6 Å². The molecule has 1 aliphatic rings. The van der Waals surface area contributed by atoms with Gasteiger partial charge in [0.15, 0.2) is 0 Å². The second-order valence-corrected chi connectivity index (χ2v) is 5.16. The quantitative estimate of drug-likeness (QED) is 0.843. The summed E-state index contributed by atoms with van der Waals surface area (Å²) in [6.07, 6.45) is 0. The molecule has 1 saturated heterocycles. The Bertz CT molecular complexity index is 313. The van der Waals surface area contributed by atoms with E-state index in [0.29, 0.717) is 12.1 Å². The molecule has 0 spiro atoms. The van der Waals surface area contributed by atoms with Gasteiger partial charge in [0.05, 0.1) is 0 Å². The van der Waals surface area contributed by atoms with Crippen LogP contribution in [0.15, 0.2) is 28.7 Å². The summed E-state index contributed by atoms with van der Waals surface area (Å²) >= 11 is 3.47. The molecule has 1 aliphatic heterocycles. The molecule has 1 N–H and O–H groups in total. The standard InChI is InChI=1S/C12H17BrN2/c1-9-7-14-8-10(2)15(9)12-5-3-11(13)4-6-12/h3-6,9-10,14H,7-8H2,1-2H3/t9-,10+. The SMILES string of the molecule is C[C@@H]1CNC[C@H](C)N1c1ccc(Br)cc1. The highest BCUT2D eigenvalue weighted by Crippen LogP contribution is 2.23. The van der Waals surface area contributed by atoms with E-state index in [1.807, 2.05) is 0 Å². The fourth-order valence-corrected chi connectivity index (χ4v) is 2.52. The molecule has 3 heteroatoms. The molecule has 1 aromatic carbocycles. The fourth-order valence-electron chi connectivity index (χ4n) is 2.25. The number of hydrogen-bond acceptors (Lipinski definition) is 2. The minimum atomic E-state index is 0.565. The van der Waals surface area contributed by atoms with Crippen molar-refractivity contribution in [3.63, 3.8) is 0 Å². The van der Waals surface area contributed by atoms with Crippen LogP contribution < -0.4 is 10.2 Å². The molecule has 82 valence electrons. The lowest BCUT2D eigenvalue weighted by atomic mass is 10.1. The number of hydrogen-bond donors (Lipinski definition) is 1. The molecule has 2 atom stereocenters. The molecule has 1 aromatic rings. The summed E-state index contributed by atoms with van der Waals surface area (Å²) in [5.74, 6) is 0. The van der Waals surface area contributed by atoms with Gasteiger partial charge in [-0.05, 0) is 38.1 Å². The Labute approximate surface area is 99.8 Å². The average molecular weight is 269 g/mol. The minimum absolute atomic E-state index is 0.565. The predicted molar refractivity (Wildman–Crippen MR) is 68.4 cm³/mol. The molecule has 0 unspecified atom stereocenters. The molecule has 0 amide bonds. The van der Waals surface area contributed by atoms with Crippen molar-refractivity contribution in [1.29, 1.82) is 0 Å². The molecular formula is C12H17BrN2. The highest BCUT2D eigenvalue weighted by molar-refractivity contribution is 9.10. The van der Waals surface area contributed by atoms with Crippen LogP contribution in [0.25, 0.3) is 0 Å². The van der Waals surface area contributed by atoms with Gasteiger partial charge in [-0.2, -0.15) is 0 Å². The van der Waals surface area contributed by atoms with Gasteiger partial charge in [0.25, 0.3) is 0 Å². The highest BCUT2D eigenvalue weighted by atomic mass is 79.9. The van der Waals surface area contributed by atoms with Crippen LogP contribution in [0.1, 0.15) is 13.8 Å². The lowest BCUT2D eigenvalue weighted by molar-refractivity contribution is 0.432. The summed E-state index contributed by atoms with van der Waals surface area (Å²) in [6, 6.07) is 9.71. The Morgan fingerprint density at radius 1 is 1.13 bits per heavy atom. The van der Waals surface area contributed by atoms with Gasteiger partial charge >= 0.3 is 0 Å². The van der Waals surface area contributed by atoms with E-state index in [1.54, 1.807) is 0 Å².